The van der Waals surface area contributed by atoms with Crippen LogP contribution in [-0.4, -0.2) is 0 Å². The fourth-order valence-corrected chi connectivity index (χ4v) is 8.82. The quantitative estimate of drug-likeness (QED) is 0.181. The summed E-state index contributed by atoms with van der Waals surface area (Å²) in [6.45, 7) is 23.7. The predicted octanol–water partition coefficient (Wildman–Crippen LogP) is 14.0. The topological polar surface area (TPSA) is 3.24 Å². The molecule has 2 aliphatic rings. The van der Waals surface area contributed by atoms with E-state index in [1.165, 1.54) is 78.1 Å². The van der Waals surface area contributed by atoms with Gasteiger partial charge in [-0.3, -0.25) is 0 Å². The van der Waals surface area contributed by atoms with Gasteiger partial charge in [0.05, 0.1) is 0 Å². The van der Waals surface area contributed by atoms with Gasteiger partial charge in [-0.2, -0.15) is 0 Å². The van der Waals surface area contributed by atoms with Crippen molar-refractivity contribution in [2.24, 2.45) is 0 Å². The molecule has 6 aromatic rings. The molecule has 256 valence electrons. The summed E-state index contributed by atoms with van der Waals surface area (Å²) in [7, 11) is 0. The Morgan fingerprint density at radius 1 is 0.412 bits per heavy atom. The van der Waals surface area contributed by atoms with Crippen LogP contribution in [0.1, 0.15) is 103 Å². The first-order chi connectivity index (χ1) is 24.1. The lowest BCUT2D eigenvalue weighted by molar-refractivity contribution is 0.545. The van der Waals surface area contributed by atoms with Gasteiger partial charge in [0.2, 0.25) is 0 Å². The smallest absolute Gasteiger partial charge is 0.0465 e. The van der Waals surface area contributed by atoms with Crippen LogP contribution in [0.2, 0.25) is 0 Å². The number of hydrogen-bond donors (Lipinski definition) is 0. The van der Waals surface area contributed by atoms with E-state index in [0.29, 0.717) is 0 Å². The van der Waals surface area contributed by atoms with Gasteiger partial charge in [0.25, 0.3) is 0 Å². The summed E-state index contributed by atoms with van der Waals surface area (Å²) < 4.78 is 0. The van der Waals surface area contributed by atoms with E-state index >= 15 is 0 Å². The molecule has 6 aromatic carbocycles. The lowest BCUT2D eigenvalue weighted by Crippen LogP contribution is -2.25. The van der Waals surface area contributed by atoms with E-state index in [4.69, 9.17) is 0 Å². The number of benzene rings is 6. The Morgan fingerprint density at radius 3 is 1.53 bits per heavy atom. The van der Waals surface area contributed by atoms with E-state index in [1.54, 1.807) is 0 Å². The number of rotatable bonds is 4. The molecule has 0 aromatic heterocycles. The summed E-state index contributed by atoms with van der Waals surface area (Å²) in [5, 5.41) is 0. The van der Waals surface area contributed by atoms with Gasteiger partial charge in [-0.25, -0.2) is 0 Å². The number of hydrogen-bond acceptors (Lipinski definition) is 1. The summed E-state index contributed by atoms with van der Waals surface area (Å²) in [5.41, 5.74) is 19.8. The SMILES string of the molecule is CC(C)(C)c1cc2c(c(C(C)(C)C)c1)C(C)(C)c1cc(N(c3ccc(-c4ccccc4)cc3)c3ccc4c(c3)C(C)(C)c3ccccc3-4)ccc1-2. The first-order valence-corrected chi connectivity index (χ1v) is 18.6. The standard InChI is InChI=1S/C50H51N/c1-47(2,3)34-28-41-40-27-25-37(31-44(40)50(9,10)46(41)45(29-34)48(4,5)6)51(35-22-20-33(21-23-35)32-16-12-11-13-17-32)36-24-26-39-38-18-14-15-19-42(38)49(7,8)43(39)30-36/h11-31H,1-10H3. The van der Waals surface area contributed by atoms with Crippen LogP contribution >= 0.6 is 0 Å². The van der Waals surface area contributed by atoms with E-state index in [2.05, 4.69) is 202 Å². The maximum atomic E-state index is 2.50. The normalized spacial score (nSPS) is 15.2. The Kier molecular flexibility index (Phi) is 7.38. The van der Waals surface area contributed by atoms with Gasteiger partial charge in [-0.1, -0.05) is 160 Å². The first-order valence-electron chi connectivity index (χ1n) is 18.6. The number of nitrogens with zero attached hydrogens (tertiary/aromatic N) is 1. The van der Waals surface area contributed by atoms with Gasteiger partial charge in [0, 0.05) is 27.9 Å². The lowest BCUT2D eigenvalue weighted by Gasteiger charge is -2.33. The highest BCUT2D eigenvalue weighted by atomic mass is 15.1. The van der Waals surface area contributed by atoms with E-state index in [1.807, 2.05) is 0 Å². The Bertz CT molecular complexity index is 2300. The van der Waals surface area contributed by atoms with Crippen molar-refractivity contribution in [2.75, 3.05) is 4.90 Å². The Labute approximate surface area is 306 Å². The Balaban J connectivity index is 1.31. The zero-order chi connectivity index (χ0) is 36.1. The summed E-state index contributed by atoms with van der Waals surface area (Å²) >= 11 is 0. The summed E-state index contributed by atoms with van der Waals surface area (Å²) in [4.78, 5) is 2.47. The highest BCUT2D eigenvalue weighted by molar-refractivity contribution is 5.89. The van der Waals surface area contributed by atoms with Crippen molar-refractivity contribution >= 4 is 17.1 Å². The predicted molar refractivity (Wildman–Crippen MR) is 219 cm³/mol. The average Bonchev–Trinajstić information content (AvgIpc) is 3.47. The minimum absolute atomic E-state index is 0.0226. The molecule has 0 fully saturated rings. The fourth-order valence-electron chi connectivity index (χ4n) is 8.82. The van der Waals surface area contributed by atoms with E-state index in [9.17, 15) is 0 Å². The van der Waals surface area contributed by atoms with Crippen LogP contribution in [0.15, 0.2) is 127 Å². The highest BCUT2D eigenvalue weighted by Gasteiger charge is 2.41. The molecule has 0 saturated carbocycles. The molecule has 1 nitrogen and oxygen atoms in total. The molecule has 0 amide bonds. The van der Waals surface area contributed by atoms with Gasteiger partial charge in [0.15, 0.2) is 0 Å². The van der Waals surface area contributed by atoms with Crippen LogP contribution in [0.4, 0.5) is 17.1 Å². The first kappa shape index (κ1) is 33.3. The van der Waals surface area contributed by atoms with Gasteiger partial charge < -0.3 is 4.90 Å². The summed E-state index contributed by atoms with van der Waals surface area (Å²) in [6.07, 6.45) is 0. The van der Waals surface area contributed by atoms with Crippen molar-refractivity contribution in [1.29, 1.82) is 0 Å². The van der Waals surface area contributed by atoms with Crippen LogP contribution in [0.5, 0.6) is 0 Å². The molecule has 0 spiro atoms. The zero-order valence-electron chi connectivity index (χ0n) is 32.1. The van der Waals surface area contributed by atoms with E-state index in [-0.39, 0.29) is 21.7 Å². The molecular weight excluding hydrogens is 615 g/mol. The second-order valence-corrected chi connectivity index (χ2v) is 18.0. The second kappa shape index (κ2) is 11.3. The molecule has 0 aliphatic heterocycles. The van der Waals surface area contributed by atoms with Gasteiger partial charge in [-0.15, -0.1) is 0 Å². The number of anilines is 3. The van der Waals surface area contributed by atoms with Crippen LogP contribution < -0.4 is 4.90 Å². The minimum atomic E-state index is -0.149. The minimum Gasteiger partial charge on any atom is -0.310 e. The van der Waals surface area contributed by atoms with Crippen molar-refractivity contribution in [3.63, 3.8) is 0 Å². The Morgan fingerprint density at radius 2 is 0.922 bits per heavy atom. The number of fused-ring (bicyclic) bond motifs is 6. The molecule has 2 aliphatic carbocycles. The molecule has 1 heteroatoms. The van der Waals surface area contributed by atoms with Crippen molar-refractivity contribution < 1.29 is 0 Å². The molecule has 51 heavy (non-hydrogen) atoms. The van der Waals surface area contributed by atoms with E-state index in [0.717, 1.165) is 5.69 Å². The van der Waals surface area contributed by atoms with Gasteiger partial charge in [0.1, 0.15) is 0 Å². The molecular formula is C50H51N. The molecule has 0 radical (unpaired) electrons. The molecule has 0 atom stereocenters. The molecule has 0 saturated heterocycles. The zero-order valence-corrected chi connectivity index (χ0v) is 32.1. The van der Waals surface area contributed by atoms with Crippen LogP contribution in [-0.2, 0) is 21.7 Å². The van der Waals surface area contributed by atoms with Crippen LogP contribution in [0.3, 0.4) is 0 Å². The van der Waals surface area contributed by atoms with Crippen molar-refractivity contribution in [2.45, 2.75) is 90.9 Å². The molecule has 0 N–H and O–H groups in total. The lowest BCUT2D eigenvalue weighted by atomic mass is 9.71. The van der Waals surface area contributed by atoms with Crippen molar-refractivity contribution in [1.82, 2.24) is 0 Å². The molecule has 0 unspecified atom stereocenters. The Hall–Kier alpha value is -4.88. The maximum Gasteiger partial charge on any atom is 0.0465 e. The largest absolute Gasteiger partial charge is 0.310 e. The third kappa shape index (κ3) is 5.27. The summed E-state index contributed by atoms with van der Waals surface area (Å²) in [5.74, 6) is 0. The average molecular weight is 666 g/mol. The highest BCUT2D eigenvalue weighted by Crippen LogP contribution is 2.55. The second-order valence-electron chi connectivity index (χ2n) is 18.0. The maximum absolute atomic E-state index is 2.50. The van der Waals surface area contributed by atoms with Crippen molar-refractivity contribution in [3.8, 4) is 33.4 Å². The molecule has 8 rings (SSSR count). The molecule has 0 heterocycles. The molecule has 0 bridgehead atoms. The van der Waals surface area contributed by atoms with Gasteiger partial charge >= 0.3 is 0 Å². The summed E-state index contributed by atoms with van der Waals surface area (Å²) in [6, 6.07) is 48.0. The van der Waals surface area contributed by atoms with Crippen LogP contribution in [0.25, 0.3) is 33.4 Å². The fraction of sp³-hybridized carbons (Fsp3) is 0.280. The van der Waals surface area contributed by atoms with Crippen LogP contribution in [0, 0.1) is 0 Å². The van der Waals surface area contributed by atoms with Crippen molar-refractivity contribution in [3.05, 3.63) is 161 Å². The van der Waals surface area contributed by atoms with Gasteiger partial charge in [-0.05, 0) is 114 Å². The third-order valence-electron chi connectivity index (χ3n) is 11.7. The monoisotopic (exact) mass is 665 g/mol. The third-order valence-corrected chi connectivity index (χ3v) is 11.7. The van der Waals surface area contributed by atoms with E-state index < -0.39 is 0 Å².